The van der Waals surface area contributed by atoms with Crippen LogP contribution in [0.25, 0.3) is 0 Å². The lowest BCUT2D eigenvalue weighted by molar-refractivity contribution is 0.664. The Labute approximate surface area is 119 Å². The van der Waals surface area contributed by atoms with Crippen molar-refractivity contribution in [2.75, 3.05) is 12.8 Å². The Kier molecular flexibility index (Phi) is 5.10. The number of halogens is 1. The molecule has 0 saturated heterocycles. The molecule has 90 valence electrons. The predicted molar refractivity (Wildman–Crippen MR) is 81.0 cm³/mol. The van der Waals surface area contributed by atoms with E-state index in [0.29, 0.717) is 6.04 Å². The third-order valence-electron chi connectivity index (χ3n) is 2.51. The molecule has 2 aromatic rings. The van der Waals surface area contributed by atoms with Gasteiger partial charge in [0, 0.05) is 21.2 Å². The molecular formula is C13H14BrNS2. The molecule has 0 amide bonds. The monoisotopic (exact) mass is 327 g/mol. The van der Waals surface area contributed by atoms with Crippen LogP contribution in [0.15, 0.2) is 50.5 Å². The fraction of sp³-hybridized carbons (Fsp3) is 0.231. The van der Waals surface area contributed by atoms with Gasteiger partial charge in [-0.3, -0.25) is 0 Å². The summed E-state index contributed by atoms with van der Waals surface area (Å²) >= 11 is 7.13. The number of benzene rings is 1. The normalized spacial score (nSPS) is 12.6. The van der Waals surface area contributed by atoms with E-state index in [0.717, 1.165) is 10.2 Å². The molecule has 0 aliphatic carbocycles. The Morgan fingerprint density at radius 2 is 2.29 bits per heavy atom. The van der Waals surface area contributed by atoms with Crippen molar-refractivity contribution < 1.29 is 0 Å². The van der Waals surface area contributed by atoms with Gasteiger partial charge in [0.05, 0.1) is 0 Å². The fourth-order valence-corrected chi connectivity index (χ4v) is 3.92. The van der Waals surface area contributed by atoms with Crippen molar-refractivity contribution in [1.82, 2.24) is 5.32 Å². The summed E-state index contributed by atoms with van der Waals surface area (Å²) in [5, 5.41) is 7.70. The standard InChI is InChI=1S/C13H14BrNS2/c1-15-13(10-5-6-16-8-10)9-17-12-4-2-3-11(14)7-12/h2-8,13,15H,9H2,1H3. The third-order valence-corrected chi connectivity index (χ3v) is 4.79. The van der Waals surface area contributed by atoms with Gasteiger partial charge in [0.2, 0.25) is 0 Å². The average Bonchev–Trinajstić information content (AvgIpc) is 2.84. The molecule has 0 aliphatic heterocycles. The zero-order valence-corrected chi connectivity index (χ0v) is 12.7. The fourth-order valence-electron chi connectivity index (χ4n) is 1.56. The molecule has 1 unspecified atom stereocenters. The molecule has 1 heterocycles. The molecule has 4 heteroatoms. The highest BCUT2D eigenvalue weighted by Gasteiger charge is 2.09. The molecular weight excluding hydrogens is 314 g/mol. The molecule has 1 aromatic carbocycles. The summed E-state index contributed by atoms with van der Waals surface area (Å²) in [6.45, 7) is 0. The van der Waals surface area contributed by atoms with Crippen LogP contribution in [0, 0.1) is 0 Å². The molecule has 0 aliphatic rings. The van der Waals surface area contributed by atoms with E-state index in [4.69, 9.17) is 0 Å². The molecule has 1 atom stereocenters. The van der Waals surface area contributed by atoms with Crippen LogP contribution in [-0.4, -0.2) is 12.8 Å². The molecule has 1 nitrogen and oxygen atoms in total. The van der Waals surface area contributed by atoms with Crippen LogP contribution in [0.5, 0.6) is 0 Å². The number of hydrogen-bond donors (Lipinski definition) is 1. The van der Waals surface area contributed by atoms with Gasteiger partial charge in [-0.1, -0.05) is 22.0 Å². The van der Waals surface area contributed by atoms with Gasteiger partial charge in [0.25, 0.3) is 0 Å². The van der Waals surface area contributed by atoms with Crippen LogP contribution < -0.4 is 5.32 Å². The van der Waals surface area contributed by atoms with E-state index in [-0.39, 0.29) is 0 Å². The van der Waals surface area contributed by atoms with Gasteiger partial charge < -0.3 is 5.32 Å². The second-order valence-corrected chi connectivity index (χ2v) is 6.46. The smallest absolute Gasteiger partial charge is 0.0421 e. The first-order valence-electron chi connectivity index (χ1n) is 5.37. The topological polar surface area (TPSA) is 12.0 Å². The SMILES string of the molecule is CNC(CSc1cccc(Br)c1)c1ccsc1. The molecule has 1 N–H and O–H groups in total. The summed E-state index contributed by atoms with van der Waals surface area (Å²) < 4.78 is 1.14. The van der Waals surface area contributed by atoms with Crippen LogP contribution in [0.4, 0.5) is 0 Å². The molecule has 0 fully saturated rings. The van der Waals surface area contributed by atoms with Crippen molar-refractivity contribution in [3.63, 3.8) is 0 Å². The quantitative estimate of drug-likeness (QED) is 0.807. The minimum absolute atomic E-state index is 0.422. The Bertz CT molecular complexity index is 456. The lowest BCUT2D eigenvalue weighted by atomic mass is 10.2. The zero-order valence-electron chi connectivity index (χ0n) is 9.52. The maximum atomic E-state index is 3.50. The second-order valence-electron chi connectivity index (χ2n) is 3.67. The summed E-state index contributed by atoms with van der Waals surface area (Å²) in [7, 11) is 2.02. The first-order valence-corrected chi connectivity index (χ1v) is 8.09. The minimum atomic E-state index is 0.422. The van der Waals surface area contributed by atoms with Crippen molar-refractivity contribution in [3.05, 3.63) is 51.1 Å². The van der Waals surface area contributed by atoms with Gasteiger partial charge in [-0.15, -0.1) is 11.8 Å². The van der Waals surface area contributed by atoms with Gasteiger partial charge >= 0.3 is 0 Å². The van der Waals surface area contributed by atoms with Gasteiger partial charge in [-0.2, -0.15) is 11.3 Å². The maximum Gasteiger partial charge on any atom is 0.0421 e. The summed E-state index contributed by atoms with van der Waals surface area (Å²) in [5.74, 6) is 1.05. The van der Waals surface area contributed by atoms with E-state index in [2.05, 4.69) is 62.3 Å². The number of thiophene rings is 1. The molecule has 0 bridgehead atoms. The molecule has 0 saturated carbocycles. The van der Waals surface area contributed by atoms with Crippen molar-refractivity contribution in [2.45, 2.75) is 10.9 Å². The highest BCUT2D eigenvalue weighted by molar-refractivity contribution is 9.10. The highest BCUT2D eigenvalue weighted by Crippen LogP contribution is 2.27. The van der Waals surface area contributed by atoms with Crippen LogP contribution >= 0.6 is 39.0 Å². The van der Waals surface area contributed by atoms with Gasteiger partial charge in [0.15, 0.2) is 0 Å². The van der Waals surface area contributed by atoms with Crippen molar-refractivity contribution in [1.29, 1.82) is 0 Å². The van der Waals surface area contributed by atoms with E-state index in [1.165, 1.54) is 10.5 Å². The maximum absolute atomic E-state index is 3.50. The molecule has 17 heavy (non-hydrogen) atoms. The first-order chi connectivity index (χ1) is 8.29. The van der Waals surface area contributed by atoms with Crippen molar-refractivity contribution in [3.8, 4) is 0 Å². The zero-order chi connectivity index (χ0) is 12.1. The Morgan fingerprint density at radius 3 is 2.94 bits per heavy atom. The number of rotatable bonds is 5. The Balaban J connectivity index is 1.97. The van der Waals surface area contributed by atoms with E-state index in [1.54, 1.807) is 11.3 Å². The second kappa shape index (κ2) is 6.59. The average molecular weight is 328 g/mol. The molecule has 1 aromatic heterocycles. The lowest BCUT2D eigenvalue weighted by Crippen LogP contribution is -2.17. The first kappa shape index (κ1) is 13.1. The Morgan fingerprint density at radius 1 is 1.41 bits per heavy atom. The van der Waals surface area contributed by atoms with E-state index in [9.17, 15) is 0 Å². The van der Waals surface area contributed by atoms with Crippen LogP contribution in [0.2, 0.25) is 0 Å². The van der Waals surface area contributed by atoms with Crippen LogP contribution in [-0.2, 0) is 0 Å². The molecule has 0 radical (unpaired) electrons. The highest BCUT2D eigenvalue weighted by atomic mass is 79.9. The summed E-state index contributed by atoms with van der Waals surface area (Å²) in [5.41, 5.74) is 1.37. The van der Waals surface area contributed by atoms with Gasteiger partial charge in [-0.25, -0.2) is 0 Å². The van der Waals surface area contributed by atoms with Crippen molar-refractivity contribution in [2.24, 2.45) is 0 Å². The summed E-state index contributed by atoms with van der Waals surface area (Å²) in [6, 6.07) is 11.0. The lowest BCUT2D eigenvalue weighted by Gasteiger charge is -2.14. The predicted octanol–water partition coefficient (Wildman–Crippen LogP) is 4.56. The van der Waals surface area contributed by atoms with Crippen LogP contribution in [0.3, 0.4) is 0 Å². The number of thioether (sulfide) groups is 1. The van der Waals surface area contributed by atoms with Gasteiger partial charge in [0.1, 0.15) is 0 Å². The Hall–Kier alpha value is -0.290. The van der Waals surface area contributed by atoms with E-state index in [1.807, 2.05) is 18.8 Å². The minimum Gasteiger partial charge on any atom is -0.312 e. The number of nitrogens with one attached hydrogen (secondary N) is 1. The molecule has 2 rings (SSSR count). The van der Waals surface area contributed by atoms with Crippen molar-refractivity contribution >= 4 is 39.0 Å². The molecule has 0 spiro atoms. The third kappa shape index (κ3) is 3.85. The van der Waals surface area contributed by atoms with E-state index < -0.39 is 0 Å². The summed E-state index contributed by atoms with van der Waals surface area (Å²) in [6.07, 6.45) is 0. The summed E-state index contributed by atoms with van der Waals surface area (Å²) in [4.78, 5) is 1.30. The van der Waals surface area contributed by atoms with E-state index >= 15 is 0 Å². The number of hydrogen-bond acceptors (Lipinski definition) is 3. The van der Waals surface area contributed by atoms with Gasteiger partial charge in [-0.05, 0) is 47.6 Å². The largest absolute Gasteiger partial charge is 0.312 e. The van der Waals surface area contributed by atoms with Crippen LogP contribution in [0.1, 0.15) is 11.6 Å².